The zero-order chi connectivity index (χ0) is 15.3. The highest BCUT2D eigenvalue weighted by Crippen LogP contribution is 2.22. The molecule has 0 aliphatic rings. The second kappa shape index (κ2) is 6.50. The number of carbonyl (C=O) groups excluding carboxylic acids is 1. The molecule has 0 fully saturated rings. The Morgan fingerprint density at radius 3 is 2.60 bits per heavy atom. The quantitative estimate of drug-likeness (QED) is 0.863. The highest BCUT2D eigenvalue weighted by atomic mass is 32.1. The van der Waals surface area contributed by atoms with Crippen molar-refractivity contribution in [2.45, 2.75) is 26.3 Å². The molecule has 2 N–H and O–H groups in total. The van der Waals surface area contributed by atoms with Gasteiger partial charge in [0.1, 0.15) is 11.1 Å². The van der Waals surface area contributed by atoms with Gasteiger partial charge >= 0.3 is 5.97 Å². The molecule has 0 saturated heterocycles. The average Bonchev–Trinajstić information content (AvgIpc) is 2.73. The Morgan fingerprint density at radius 2 is 2.10 bits per heavy atom. The summed E-state index contributed by atoms with van der Waals surface area (Å²) in [6.07, 6.45) is 0. The molecule has 7 heteroatoms. The first-order valence-electron chi connectivity index (χ1n) is 5.98. The largest absolute Gasteiger partial charge is 0.480 e. The van der Waals surface area contributed by atoms with Crippen LogP contribution in [0.5, 0.6) is 0 Å². The summed E-state index contributed by atoms with van der Waals surface area (Å²) in [5.41, 5.74) is -0.0348. The SMILES string of the molecule is CC(C)(C)N(CC(=O)O)CC(=O)Nc1sccc1C#N. The maximum Gasteiger partial charge on any atom is 0.317 e. The van der Waals surface area contributed by atoms with Crippen LogP contribution in [0.15, 0.2) is 11.4 Å². The second-order valence-corrected chi connectivity index (χ2v) is 6.16. The van der Waals surface area contributed by atoms with E-state index in [2.05, 4.69) is 5.32 Å². The van der Waals surface area contributed by atoms with Crippen molar-refractivity contribution in [3.05, 3.63) is 17.0 Å². The van der Waals surface area contributed by atoms with Gasteiger partial charge in [-0.3, -0.25) is 14.5 Å². The Kier molecular flexibility index (Phi) is 5.25. The predicted molar refractivity (Wildman–Crippen MR) is 76.6 cm³/mol. The van der Waals surface area contributed by atoms with Gasteiger partial charge in [-0.15, -0.1) is 11.3 Å². The third-order valence-corrected chi connectivity index (χ3v) is 3.48. The van der Waals surface area contributed by atoms with Gasteiger partial charge in [-0.05, 0) is 32.2 Å². The Morgan fingerprint density at radius 1 is 1.45 bits per heavy atom. The minimum absolute atomic E-state index is 0.0431. The van der Waals surface area contributed by atoms with Crippen molar-refractivity contribution in [1.29, 1.82) is 5.26 Å². The number of amides is 1. The van der Waals surface area contributed by atoms with Crippen molar-refractivity contribution < 1.29 is 14.7 Å². The normalized spacial score (nSPS) is 11.2. The molecule has 6 nitrogen and oxygen atoms in total. The van der Waals surface area contributed by atoms with Crippen molar-refractivity contribution in [3.63, 3.8) is 0 Å². The predicted octanol–water partition coefficient (Wildman–Crippen LogP) is 1.74. The number of nitrogens with one attached hydrogen (secondary N) is 1. The van der Waals surface area contributed by atoms with Crippen LogP contribution in [-0.4, -0.2) is 40.5 Å². The van der Waals surface area contributed by atoms with Crippen LogP contribution in [0.25, 0.3) is 0 Å². The number of rotatable bonds is 5. The monoisotopic (exact) mass is 295 g/mol. The first-order chi connectivity index (χ1) is 9.24. The van der Waals surface area contributed by atoms with Crippen molar-refractivity contribution in [2.24, 2.45) is 0 Å². The lowest BCUT2D eigenvalue weighted by molar-refractivity contribution is -0.140. The molecule has 0 atom stereocenters. The second-order valence-electron chi connectivity index (χ2n) is 5.24. The standard InChI is InChI=1S/C13H17N3O3S/c1-13(2,3)16(8-11(18)19)7-10(17)15-12-9(6-14)4-5-20-12/h4-5H,7-8H2,1-3H3,(H,15,17)(H,18,19). The van der Waals surface area contributed by atoms with Crippen LogP contribution >= 0.6 is 11.3 Å². The molecule has 1 aromatic heterocycles. The molecule has 0 bridgehead atoms. The lowest BCUT2D eigenvalue weighted by Crippen LogP contribution is -2.48. The summed E-state index contributed by atoms with van der Waals surface area (Å²) < 4.78 is 0. The van der Waals surface area contributed by atoms with Crippen molar-refractivity contribution >= 4 is 28.2 Å². The molecule has 20 heavy (non-hydrogen) atoms. The maximum absolute atomic E-state index is 12.0. The summed E-state index contributed by atoms with van der Waals surface area (Å²) in [5.74, 6) is -1.32. The van der Waals surface area contributed by atoms with E-state index in [1.165, 1.54) is 11.3 Å². The lowest BCUT2D eigenvalue weighted by atomic mass is 10.1. The van der Waals surface area contributed by atoms with Crippen LogP contribution in [-0.2, 0) is 9.59 Å². The molecule has 108 valence electrons. The third-order valence-electron chi connectivity index (χ3n) is 2.65. The van der Waals surface area contributed by atoms with E-state index in [1.807, 2.05) is 26.8 Å². The molecule has 0 unspecified atom stereocenters. The van der Waals surface area contributed by atoms with E-state index >= 15 is 0 Å². The highest BCUT2D eigenvalue weighted by molar-refractivity contribution is 7.14. The molecule has 0 saturated carbocycles. The van der Waals surface area contributed by atoms with Crippen LogP contribution in [0.4, 0.5) is 5.00 Å². The van der Waals surface area contributed by atoms with Gasteiger partial charge in [0.25, 0.3) is 0 Å². The Bertz CT molecular complexity index is 540. The van der Waals surface area contributed by atoms with Crippen LogP contribution in [0.3, 0.4) is 0 Å². The molecule has 0 radical (unpaired) electrons. The fourth-order valence-electron chi connectivity index (χ4n) is 1.53. The smallest absolute Gasteiger partial charge is 0.317 e. The molecular formula is C13H17N3O3S. The molecule has 0 spiro atoms. The Hall–Kier alpha value is -1.91. The van der Waals surface area contributed by atoms with Crippen LogP contribution in [0.1, 0.15) is 26.3 Å². The summed E-state index contributed by atoms with van der Waals surface area (Å²) in [5, 5.41) is 22.6. The summed E-state index contributed by atoms with van der Waals surface area (Å²) in [7, 11) is 0. The number of nitriles is 1. The number of anilines is 1. The topological polar surface area (TPSA) is 93.4 Å². The van der Waals surface area contributed by atoms with E-state index in [9.17, 15) is 9.59 Å². The average molecular weight is 295 g/mol. The molecule has 1 aromatic rings. The van der Waals surface area contributed by atoms with E-state index < -0.39 is 11.5 Å². The van der Waals surface area contributed by atoms with Gasteiger partial charge in [0.15, 0.2) is 0 Å². The van der Waals surface area contributed by atoms with Gasteiger partial charge in [-0.25, -0.2) is 0 Å². The maximum atomic E-state index is 12.0. The molecule has 1 heterocycles. The Balaban J connectivity index is 2.72. The zero-order valence-electron chi connectivity index (χ0n) is 11.6. The van der Waals surface area contributed by atoms with Crippen LogP contribution in [0.2, 0.25) is 0 Å². The fourth-order valence-corrected chi connectivity index (χ4v) is 2.28. The number of aliphatic carboxylic acids is 1. The van der Waals surface area contributed by atoms with E-state index in [1.54, 1.807) is 16.3 Å². The van der Waals surface area contributed by atoms with E-state index in [-0.39, 0.29) is 19.0 Å². The molecule has 0 aromatic carbocycles. The first kappa shape index (κ1) is 16.1. The summed E-state index contributed by atoms with van der Waals surface area (Å²) >= 11 is 1.26. The number of nitrogens with zero attached hydrogens (tertiary/aromatic N) is 2. The summed E-state index contributed by atoms with van der Waals surface area (Å²) in [6.45, 7) is 5.27. The highest BCUT2D eigenvalue weighted by Gasteiger charge is 2.26. The first-order valence-corrected chi connectivity index (χ1v) is 6.86. The fraction of sp³-hybridized carbons (Fsp3) is 0.462. The number of carboxylic acids is 1. The number of hydrogen-bond donors (Lipinski definition) is 2. The number of carbonyl (C=O) groups is 2. The van der Waals surface area contributed by atoms with Gasteiger partial charge in [0, 0.05) is 5.54 Å². The number of hydrogen-bond acceptors (Lipinski definition) is 5. The van der Waals surface area contributed by atoms with Crippen molar-refractivity contribution in [2.75, 3.05) is 18.4 Å². The lowest BCUT2D eigenvalue weighted by Gasteiger charge is -2.33. The van der Waals surface area contributed by atoms with Gasteiger partial charge in [-0.1, -0.05) is 0 Å². The minimum atomic E-state index is -0.985. The molecule has 1 rings (SSSR count). The summed E-state index contributed by atoms with van der Waals surface area (Å²) in [4.78, 5) is 24.4. The zero-order valence-corrected chi connectivity index (χ0v) is 12.5. The van der Waals surface area contributed by atoms with Gasteiger partial charge < -0.3 is 10.4 Å². The molecule has 1 amide bonds. The van der Waals surface area contributed by atoms with E-state index in [4.69, 9.17) is 10.4 Å². The molecular weight excluding hydrogens is 278 g/mol. The number of thiophene rings is 1. The van der Waals surface area contributed by atoms with Gasteiger partial charge in [-0.2, -0.15) is 5.26 Å². The Labute approximate surface area is 121 Å². The third kappa shape index (κ3) is 4.64. The molecule has 0 aliphatic carbocycles. The van der Waals surface area contributed by atoms with Crippen LogP contribution in [0, 0.1) is 11.3 Å². The molecule has 0 aliphatic heterocycles. The van der Waals surface area contributed by atoms with Crippen molar-refractivity contribution in [1.82, 2.24) is 4.90 Å². The minimum Gasteiger partial charge on any atom is -0.480 e. The number of carboxylic acid groups (broad SMARTS) is 1. The van der Waals surface area contributed by atoms with Crippen molar-refractivity contribution in [3.8, 4) is 6.07 Å². The van der Waals surface area contributed by atoms with E-state index in [0.717, 1.165) is 0 Å². The summed E-state index contributed by atoms with van der Waals surface area (Å²) in [6, 6.07) is 3.61. The van der Waals surface area contributed by atoms with Gasteiger partial charge in [0.05, 0.1) is 18.7 Å². The van der Waals surface area contributed by atoms with E-state index in [0.29, 0.717) is 10.6 Å². The van der Waals surface area contributed by atoms with Crippen LogP contribution < -0.4 is 5.32 Å². The van der Waals surface area contributed by atoms with Gasteiger partial charge in [0.2, 0.25) is 5.91 Å².